The van der Waals surface area contributed by atoms with Gasteiger partial charge in [0.1, 0.15) is 6.07 Å². The van der Waals surface area contributed by atoms with Gasteiger partial charge in [0, 0.05) is 6.04 Å². The predicted octanol–water partition coefficient (Wildman–Crippen LogP) is 2.40. The van der Waals surface area contributed by atoms with Crippen molar-refractivity contribution < 1.29 is 0 Å². The van der Waals surface area contributed by atoms with Gasteiger partial charge in [-0.2, -0.15) is 5.26 Å². The van der Waals surface area contributed by atoms with Crippen LogP contribution in [0.3, 0.4) is 0 Å². The average molecular weight is 193 g/mol. The van der Waals surface area contributed by atoms with Crippen LogP contribution in [0.4, 0.5) is 0 Å². The molecule has 66 valence electrons. The molecule has 0 aliphatic rings. The highest BCUT2D eigenvalue weighted by Gasteiger charge is 2.04. The van der Waals surface area contributed by atoms with E-state index in [2.05, 4.69) is 6.58 Å². The number of nitrogens with zero attached hydrogens (tertiary/aromatic N) is 1. The normalized spacial score (nSPS) is 11.8. The van der Waals surface area contributed by atoms with Crippen LogP contribution in [-0.2, 0) is 0 Å². The summed E-state index contributed by atoms with van der Waals surface area (Å²) in [6.45, 7) is 3.58. The van der Waals surface area contributed by atoms with Gasteiger partial charge in [-0.05, 0) is 17.7 Å². The first-order chi connectivity index (χ1) is 6.19. The van der Waals surface area contributed by atoms with Crippen molar-refractivity contribution in [2.75, 3.05) is 0 Å². The van der Waals surface area contributed by atoms with Crippen molar-refractivity contribution >= 4 is 11.6 Å². The van der Waals surface area contributed by atoms with Crippen molar-refractivity contribution in [3.05, 3.63) is 47.0 Å². The van der Waals surface area contributed by atoms with Crippen molar-refractivity contribution in [1.82, 2.24) is 0 Å². The highest BCUT2D eigenvalue weighted by molar-refractivity contribution is 6.31. The fourth-order valence-corrected chi connectivity index (χ4v) is 1.20. The van der Waals surface area contributed by atoms with Crippen LogP contribution in [0.15, 0.2) is 30.9 Å². The van der Waals surface area contributed by atoms with Gasteiger partial charge in [-0.25, -0.2) is 0 Å². The van der Waals surface area contributed by atoms with Crippen LogP contribution < -0.4 is 5.73 Å². The zero-order chi connectivity index (χ0) is 9.84. The Kier molecular flexibility index (Phi) is 3.07. The molecule has 0 spiro atoms. The average Bonchev–Trinajstić information content (AvgIpc) is 2.16. The summed E-state index contributed by atoms with van der Waals surface area (Å²) in [4.78, 5) is 0. The molecule has 0 amide bonds. The third kappa shape index (κ3) is 2.09. The lowest BCUT2D eigenvalue weighted by Gasteiger charge is -2.06. The molecule has 1 aromatic carbocycles. The Hall–Kier alpha value is -1.30. The van der Waals surface area contributed by atoms with E-state index in [1.54, 1.807) is 24.3 Å². The molecule has 1 atom stereocenters. The molecule has 0 saturated heterocycles. The number of hydrogen-bond acceptors (Lipinski definition) is 2. The monoisotopic (exact) mass is 192 g/mol. The van der Waals surface area contributed by atoms with Gasteiger partial charge in [0.05, 0.1) is 10.6 Å². The highest BCUT2D eigenvalue weighted by Crippen LogP contribution is 2.20. The lowest BCUT2D eigenvalue weighted by atomic mass is 10.1. The van der Waals surface area contributed by atoms with Crippen molar-refractivity contribution in [3.8, 4) is 6.07 Å². The van der Waals surface area contributed by atoms with Crippen molar-refractivity contribution in [1.29, 1.82) is 5.26 Å². The Bertz CT molecular complexity index is 366. The van der Waals surface area contributed by atoms with Gasteiger partial charge in [0.2, 0.25) is 0 Å². The molecule has 13 heavy (non-hydrogen) atoms. The molecule has 3 heteroatoms. The Morgan fingerprint density at radius 1 is 1.62 bits per heavy atom. The fourth-order valence-electron chi connectivity index (χ4n) is 0.965. The lowest BCUT2D eigenvalue weighted by molar-refractivity contribution is 0.914. The van der Waals surface area contributed by atoms with Gasteiger partial charge in [-0.3, -0.25) is 0 Å². The molecule has 0 bridgehead atoms. The van der Waals surface area contributed by atoms with E-state index in [4.69, 9.17) is 22.6 Å². The molecule has 0 fully saturated rings. The molecule has 2 nitrogen and oxygen atoms in total. The maximum absolute atomic E-state index is 8.62. The molecule has 0 aliphatic heterocycles. The molecule has 0 heterocycles. The van der Waals surface area contributed by atoms with E-state index in [1.165, 1.54) is 0 Å². The quantitative estimate of drug-likeness (QED) is 0.732. The number of halogens is 1. The third-order valence-corrected chi connectivity index (χ3v) is 2.07. The summed E-state index contributed by atoms with van der Waals surface area (Å²) in [6.07, 6.45) is 1.62. The summed E-state index contributed by atoms with van der Waals surface area (Å²) in [5.41, 5.74) is 7.02. The zero-order valence-corrected chi connectivity index (χ0v) is 7.75. The SMILES string of the molecule is C=C[C@@H](N)c1ccc(C#N)c(Cl)c1. The van der Waals surface area contributed by atoms with E-state index in [-0.39, 0.29) is 6.04 Å². The van der Waals surface area contributed by atoms with Crippen LogP contribution >= 0.6 is 11.6 Å². The molecule has 0 aromatic heterocycles. The number of rotatable bonds is 2. The van der Waals surface area contributed by atoms with Gasteiger partial charge < -0.3 is 5.73 Å². The van der Waals surface area contributed by atoms with E-state index in [1.807, 2.05) is 6.07 Å². The number of benzene rings is 1. The molecule has 2 N–H and O–H groups in total. The molecule has 1 aromatic rings. The summed E-state index contributed by atoms with van der Waals surface area (Å²) in [6, 6.07) is 6.86. The summed E-state index contributed by atoms with van der Waals surface area (Å²) < 4.78 is 0. The van der Waals surface area contributed by atoms with Crippen LogP contribution in [0.25, 0.3) is 0 Å². The van der Waals surface area contributed by atoms with Crippen molar-refractivity contribution in [2.45, 2.75) is 6.04 Å². The second-order valence-corrected chi connectivity index (χ2v) is 3.02. The third-order valence-electron chi connectivity index (χ3n) is 1.75. The highest BCUT2D eigenvalue weighted by atomic mass is 35.5. The first-order valence-corrected chi connectivity index (χ1v) is 4.14. The van der Waals surface area contributed by atoms with Crippen LogP contribution in [-0.4, -0.2) is 0 Å². The minimum Gasteiger partial charge on any atom is -0.321 e. The van der Waals surface area contributed by atoms with Crippen LogP contribution in [0.5, 0.6) is 0 Å². The van der Waals surface area contributed by atoms with Crippen LogP contribution in [0.2, 0.25) is 5.02 Å². The molecular formula is C10H9ClN2. The topological polar surface area (TPSA) is 49.8 Å². The summed E-state index contributed by atoms with van der Waals surface area (Å²) in [5, 5.41) is 9.05. The van der Waals surface area contributed by atoms with Gasteiger partial charge in [0.25, 0.3) is 0 Å². The Labute approximate surface area is 82.2 Å². The maximum atomic E-state index is 8.62. The maximum Gasteiger partial charge on any atom is 0.101 e. The van der Waals surface area contributed by atoms with Gasteiger partial charge in [-0.15, -0.1) is 6.58 Å². The summed E-state index contributed by atoms with van der Waals surface area (Å²) in [7, 11) is 0. The second kappa shape index (κ2) is 4.08. The molecule has 1 rings (SSSR count). The molecule has 0 saturated carbocycles. The van der Waals surface area contributed by atoms with Crippen LogP contribution in [0.1, 0.15) is 17.2 Å². The Morgan fingerprint density at radius 3 is 2.77 bits per heavy atom. The minimum absolute atomic E-state index is 0.231. The smallest absolute Gasteiger partial charge is 0.101 e. The Balaban J connectivity index is 3.11. The zero-order valence-electron chi connectivity index (χ0n) is 7.00. The van der Waals surface area contributed by atoms with Crippen molar-refractivity contribution in [3.63, 3.8) is 0 Å². The summed E-state index contributed by atoms with van der Waals surface area (Å²) in [5.74, 6) is 0. The summed E-state index contributed by atoms with van der Waals surface area (Å²) >= 11 is 5.82. The fraction of sp³-hybridized carbons (Fsp3) is 0.100. The van der Waals surface area contributed by atoms with E-state index in [0.717, 1.165) is 5.56 Å². The molecule has 0 radical (unpaired) electrons. The number of nitrogens with two attached hydrogens (primary N) is 1. The standard InChI is InChI=1S/C10H9ClN2/c1-2-10(13)7-3-4-8(6-12)9(11)5-7/h2-5,10H,1,13H2/t10-/m1/s1. The second-order valence-electron chi connectivity index (χ2n) is 2.61. The Morgan fingerprint density at radius 2 is 2.31 bits per heavy atom. The largest absolute Gasteiger partial charge is 0.321 e. The first kappa shape index (κ1) is 9.79. The number of nitriles is 1. The minimum atomic E-state index is -0.231. The van der Waals surface area contributed by atoms with E-state index in [9.17, 15) is 0 Å². The van der Waals surface area contributed by atoms with E-state index < -0.39 is 0 Å². The van der Waals surface area contributed by atoms with E-state index >= 15 is 0 Å². The predicted molar refractivity (Wildman–Crippen MR) is 53.3 cm³/mol. The molecular weight excluding hydrogens is 184 g/mol. The van der Waals surface area contributed by atoms with Crippen LogP contribution in [0, 0.1) is 11.3 Å². The lowest BCUT2D eigenvalue weighted by Crippen LogP contribution is -2.06. The molecule has 0 unspecified atom stereocenters. The first-order valence-electron chi connectivity index (χ1n) is 3.76. The van der Waals surface area contributed by atoms with E-state index in [0.29, 0.717) is 10.6 Å². The van der Waals surface area contributed by atoms with Gasteiger partial charge >= 0.3 is 0 Å². The van der Waals surface area contributed by atoms with Gasteiger partial charge in [0.15, 0.2) is 0 Å². The van der Waals surface area contributed by atoms with Gasteiger partial charge in [-0.1, -0.05) is 23.7 Å². The van der Waals surface area contributed by atoms with Crippen molar-refractivity contribution in [2.24, 2.45) is 5.73 Å². The number of hydrogen-bond donors (Lipinski definition) is 1. The molecule has 0 aliphatic carbocycles.